The molecule has 6 heteroatoms. The third kappa shape index (κ3) is 5.85. The molecule has 0 bridgehead atoms. The number of carbonyl (C=O) groups excluding carboxylic acids is 2. The molecule has 118 valence electrons. The zero-order chi connectivity index (χ0) is 15.8. The van der Waals surface area contributed by atoms with Crippen LogP contribution in [0.2, 0.25) is 0 Å². The first-order valence-corrected chi connectivity index (χ1v) is 7.95. The summed E-state index contributed by atoms with van der Waals surface area (Å²) in [7, 11) is 1.61. The van der Waals surface area contributed by atoms with E-state index in [1.165, 1.54) is 11.3 Å². The number of hydrogen-bond donors (Lipinski definition) is 1. The van der Waals surface area contributed by atoms with Crippen LogP contribution in [-0.2, 0) is 9.53 Å². The summed E-state index contributed by atoms with van der Waals surface area (Å²) in [5.74, 6) is 0.0822. The second kappa shape index (κ2) is 8.79. The zero-order valence-corrected chi connectivity index (χ0v) is 13.9. The number of hydrogen-bond acceptors (Lipinski definition) is 4. The van der Waals surface area contributed by atoms with Crippen molar-refractivity contribution in [1.29, 1.82) is 0 Å². The molecule has 1 rings (SSSR count). The average Bonchev–Trinajstić information content (AvgIpc) is 2.96. The van der Waals surface area contributed by atoms with Gasteiger partial charge in [0.2, 0.25) is 5.91 Å². The van der Waals surface area contributed by atoms with Gasteiger partial charge in [0, 0.05) is 20.2 Å². The number of thiophene rings is 1. The number of carbonyl (C=O) groups is 2. The van der Waals surface area contributed by atoms with E-state index < -0.39 is 6.04 Å². The monoisotopic (exact) mass is 312 g/mol. The molecule has 1 heterocycles. The quantitative estimate of drug-likeness (QED) is 0.799. The van der Waals surface area contributed by atoms with Gasteiger partial charge >= 0.3 is 0 Å². The first-order valence-electron chi connectivity index (χ1n) is 7.07. The number of amides is 2. The molecule has 1 unspecified atom stereocenters. The average molecular weight is 312 g/mol. The molecule has 5 nitrogen and oxygen atoms in total. The minimum Gasteiger partial charge on any atom is -0.383 e. The molecule has 0 radical (unpaired) electrons. The molecule has 0 fully saturated rings. The molecule has 1 aromatic heterocycles. The zero-order valence-electron chi connectivity index (χ0n) is 13.1. The third-order valence-electron chi connectivity index (χ3n) is 2.93. The molecular weight excluding hydrogens is 288 g/mol. The predicted octanol–water partition coefficient (Wildman–Crippen LogP) is 2.00. The Bertz CT molecular complexity index is 446. The Balaban J connectivity index is 2.61. The van der Waals surface area contributed by atoms with E-state index in [0.717, 1.165) is 0 Å². The smallest absolute Gasteiger partial charge is 0.261 e. The second-order valence-electron chi connectivity index (χ2n) is 5.34. The van der Waals surface area contributed by atoms with Gasteiger partial charge < -0.3 is 15.0 Å². The molecule has 2 amide bonds. The van der Waals surface area contributed by atoms with Crippen LogP contribution in [0.25, 0.3) is 0 Å². The number of nitrogens with zero attached hydrogens (tertiary/aromatic N) is 1. The normalized spacial score (nSPS) is 12.2. The van der Waals surface area contributed by atoms with Gasteiger partial charge in [-0.15, -0.1) is 11.3 Å². The van der Waals surface area contributed by atoms with Crippen molar-refractivity contribution in [3.05, 3.63) is 22.4 Å². The highest BCUT2D eigenvalue weighted by Crippen LogP contribution is 2.09. The van der Waals surface area contributed by atoms with Crippen LogP contribution in [0.5, 0.6) is 0 Å². The highest BCUT2D eigenvalue weighted by molar-refractivity contribution is 7.12. The minimum absolute atomic E-state index is 0.0781. The van der Waals surface area contributed by atoms with E-state index in [1.807, 2.05) is 11.4 Å². The summed E-state index contributed by atoms with van der Waals surface area (Å²) < 4.78 is 5.04. The van der Waals surface area contributed by atoms with Crippen molar-refractivity contribution < 1.29 is 14.3 Å². The molecule has 0 saturated carbocycles. The van der Waals surface area contributed by atoms with Crippen LogP contribution in [0.4, 0.5) is 0 Å². The maximum absolute atomic E-state index is 12.4. The van der Waals surface area contributed by atoms with Crippen LogP contribution in [0, 0.1) is 5.92 Å². The van der Waals surface area contributed by atoms with Gasteiger partial charge in [0.05, 0.1) is 11.5 Å². The van der Waals surface area contributed by atoms with Crippen molar-refractivity contribution in [3.63, 3.8) is 0 Å². The first kappa shape index (κ1) is 17.7. The lowest BCUT2D eigenvalue weighted by Crippen LogP contribution is -2.48. The van der Waals surface area contributed by atoms with Gasteiger partial charge in [-0.25, -0.2) is 0 Å². The van der Waals surface area contributed by atoms with Gasteiger partial charge in [-0.2, -0.15) is 0 Å². The van der Waals surface area contributed by atoms with Gasteiger partial charge in [0.25, 0.3) is 5.91 Å². The minimum atomic E-state index is -0.546. The van der Waals surface area contributed by atoms with E-state index in [9.17, 15) is 9.59 Å². The predicted molar refractivity (Wildman–Crippen MR) is 84.5 cm³/mol. The standard InChI is InChI=1S/C15H24N2O3S/c1-11(2)10-17(7-8-20-4)15(19)12(3)16-14(18)13-6-5-9-21-13/h5-6,9,11-12H,7-8,10H2,1-4H3,(H,16,18). The van der Waals surface area contributed by atoms with E-state index in [-0.39, 0.29) is 11.8 Å². The van der Waals surface area contributed by atoms with E-state index in [2.05, 4.69) is 19.2 Å². The molecule has 1 N–H and O–H groups in total. The molecule has 1 aromatic rings. The number of ether oxygens (including phenoxy) is 1. The molecular formula is C15H24N2O3S. The fourth-order valence-corrected chi connectivity index (χ4v) is 2.57. The summed E-state index contributed by atoms with van der Waals surface area (Å²) in [4.78, 5) is 26.8. The summed E-state index contributed by atoms with van der Waals surface area (Å²) in [6, 6.07) is 3.01. The van der Waals surface area contributed by atoms with Crippen molar-refractivity contribution in [3.8, 4) is 0 Å². The highest BCUT2D eigenvalue weighted by Gasteiger charge is 2.23. The fourth-order valence-electron chi connectivity index (χ4n) is 1.94. The van der Waals surface area contributed by atoms with Crippen molar-refractivity contribution in [2.75, 3.05) is 26.8 Å². The van der Waals surface area contributed by atoms with Crippen LogP contribution >= 0.6 is 11.3 Å². The number of methoxy groups -OCH3 is 1. The Morgan fingerprint density at radius 1 is 1.38 bits per heavy atom. The van der Waals surface area contributed by atoms with E-state index >= 15 is 0 Å². The molecule has 0 aliphatic carbocycles. The molecule has 21 heavy (non-hydrogen) atoms. The van der Waals surface area contributed by atoms with Crippen LogP contribution in [0.15, 0.2) is 17.5 Å². The van der Waals surface area contributed by atoms with Crippen LogP contribution in [-0.4, -0.2) is 49.6 Å². The summed E-state index contributed by atoms with van der Waals surface area (Å²) in [5, 5.41) is 4.59. The van der Waals surface area contributed by atoms with Gasteiger partial charge in [-0.05, 0) is 24.3 Å². The Hall–Kier alpha value is -1.40. The highest BCUT2D eigenvalue weighted by atomic mass is 32.1. The molecule has 0 saturated heterocycles. The van der Waals surface area contributed by atoms with Crippen molar-refractivity contribution in [2.45, 2.75) is 26.8 Å². The van der Waals surface area contributed by atoms with Crippen molar-refractivity contribution in [1.82, 2.24) is 10.2 Å². The first-order chi connectivity index (χ1) is 9.95. The lowest BCUT2D eigenvalue weighted by Gasteiger charge is -2.27. The molecule has 0 aliphatic heterocycles. The van der Waals surface area contributed by atoms with Gasteiger partial charge in [0.1, 0.15) is 6.04 Å². The van der Waals surface area contributed by atoms with Crippen LogP contribution in [0.1, 0.15) is 30.4 Å². The molecule has 0 spiro atoms. The lowest BCUT2D eigenvalue weighted by molar-refractivity contribution is -0.134. The van der Waals surface area contributed by atoms with E-state index in [1.54, 1.807) is 25.0 Å². The summed E-state index contributed by atoms with van der Waals surface area (Å²) in [6.07, 6.45) is 0. The Kier molecular flexibility index (Phi) is 7.39. The maximum atomic E-state index is 12.4. The summed E-state index contributed by atoms with van der Waals surface area (Å²) in [5.41, 5.74) is 0. The summed E-state index contributed by atoms with van der Waals surface area (Å²) in [6.45, 7) is 7.51. The Labute approximate surface area is 130 Å². The molecule has 1 atom stereocenters. The largest absolute Gasteiger partial charge is 0.383 e. The number of rotatable bonds is 8. The summed E-state index contributed by atoms with van der Waals surface area (Å²) >= 11 is 1.36. The Morgan fingerprint density at radius 2 is 2.10 bits per heavy atom. The maximum Gasteiger partial charge on any atom is 0.261 e. The van der Waals surface area contributed by atoms with Crippen LogP contribution in [0.3, 0.4) is 0 Å². The van der Waals surface area contributed by atoms with Gasteiger partial charge in [-0.1, -0.05) is 19.9 Å². The van der Waals surface area contributed by atoms with Crippen molar-refractivity contribution in [2.24, 2.45) is 5.92 Å². The van der Waals surface area contributed by atoms with Crippen molar-refractivity contribution >= 4 is 23.2 Å². The van der Waals surface area contributed by atoms with E-state index in [4.69, 9.17) is 4.74 Å². The van der Waals surface area contributed by atoms with Gasteiger partial charge in [0.15, 0.2) is 0 Å². The topological polar surface area (TPSA) is 58.6 Å². The van der Waals surface area contributed by atoms with Crippen LogP contribution < -0.4 is 5.32 Å². The SMILES string of the molecule is COCCN(CC(C)C)C(=O)C(C)NC(=O)c1cccs1. The molecule has 0 aromatic carbocycles. The fraction of sp³-hybridized carbons (Fsp3) is 0.600. The lowest BCUT2D eigenvalue weighted by atomic mass is 10.2. The van der Waals surface area contributed by atoms with E-state index in [0.29, 0.717) is 30.5 Å². The Morgan fingerprint density at radius 3 is 2.62 bits per heavy atom. The second-order valence-corrected chi connectivity index (χ2v) is 6.29. The molecule has 0 aliphatic rings. The number of nitrogens with one attached hydrogen (secondary N) is 1. The van der Waals surface area contributed by atoms with Gasteiger partial charge in [-0.3, -0.25) is 9.59 Å². The third-order valence-corrected chi connectivity index (χ3v) is 3.79.